The van der Waals surface area contributed by atoms with Gasteiger partial charge in [0.15, 0.2) is 0 Å². The summed E-state index contributed by atoms with van der Waals surface area (Å²) in [6.07, 6.45) is -0.636. The topological polar surface area (TPSA) is 33.1 Å². The Bertz CT molecular complexity index is 563. The molecule has 3 heteroatoms. The normalized spacial score (nSPS) is 13.8. The summed E-state index contributed by atoms with van der Waals surface area (Å²) in [5.74, 6) is 0.507. The van der Waals surface area contributed by atoms with Gasteiger partial charge in [-0.25, -0.2) is 4.98 Å². The lowest BCUT2D eigenvalue weighted by molar-refractivity contribution is 0.215. The van der Waals surface area contributed by atoms with Crippen molar-refractivity contribution in [3.8, 4) is 0 Å². The summed E-state index contributed by atoms with van der Waals surface area (Å²) < 4.78 is 0. The van der Waals surface area contributed by atoms with E-state index in [-0.39, 0.29) is 5.41 Å². The molecule has 0 aliphatic heterocycles. The monoisotopic (exact) mass is 289 g/mol. The molecule has 20 heavy (non-hydrogen) atoms. The minimum Gasteiger partial charge on any atom is -0.382 e. The molecule has 0 spiro atoms. The second kappa shape index (κ2) is 5.66. The average molecular weight is 289 g/mol. The fourth-order valence-electron chi connectivity index (χ4n) is 1.99. The number of thiazole rings is 1. The van der Waals surface area contributed by atoms with Gasteiger partial charge in [-0.3, -0.25) is 0 Å². The summed E-state index contributed by atoms with van der Waals surface area (Å²) >= 11 is 1.62. The Morgan fingerprint density at radius 1 is 1.05 bits per heavy atom. The summed E-state index contributed by atoms with van der Waals surface area (Å²) in [7, 11) is 0. The third-order valence-electron chi connectivity index (χ3n) is 3.36. The van der Waals surface area contributed by atoms with E-state index in [4.69, 9.17) is 0 Å². The van der Waals surface area contributed by atoms with Crippen molar-refractivity contribution in [3.63, 3.8) is 0 Å². The Morgan fingerprint density at radius 3 is 2.05 bits per heavy atom. The zero-order chi connectivity index (χ0) is 14.9. The molecule has 1 aromatic heterocycles. The summed E-state index contributed by atoms with van der Waals surface area (Å²) in [6.45, 7) is 10.8. The first-order valence-corrected chi connectivity index (χ1v) is 7.91. The minimum absolute atomic E-state index is 0.0319. The SMILES string of the molecule is CC(C)c1ccc(C(O)c2csc(C(C)(C)C)n2)cc1. The van der Waals surface area contributed by atoms with Crippen molar-refractivity contribution in [2.24, 2.45) is 0 Å². The van der Waals surface area contributed by atoms with Crippen LogP contribution >= 0.6 is 11.3 Å². The maximum atomic E-state index is 10.4. The average Bonchev–Trinajstić information content (AvgIpc) is 2.87. The first-order valence-electron chi connectivity index (χ1n) is 7.03. The van der Waals surface area contributed by atoms with Crippen molar-refractivity contribution >= 4 is 11.3 Å². The second-order valence-electron chi connectivity index (χ2n) is 6.55. The van der Waals surface area contributed by atoms with Crippen LogP contribution < -0.4 is 0 Å². The fourth-order valence-corrected chi connectivity index (χ4v) is 2.92. The van der Waals surface area contributed by atoms with Crippen LogP contribution in [0, 0.1) is 0 Å². The molecule has 1 atom stereocenters. The lowest BCUT2D eigenvalue weighted by Gasteiger charge is -2.14. The highest BCUT2D eigenvalue weighted by Crippen LogP contribution is 2.30. The van der Waals surface area contributed by atoms with Crippen molar-refractivity contribution in [2.45, 2.75) is 52.1 Å². The Balaban J connectivity index is 2.22. The molecule has 2 aromatic rings. The number of rotatable bonds is 3. The van der Waals surface area contributed by atoms with Gasteiger partial charge in [0, 0.05) is 10.8 Å². The minimum atomic E-state index is -0.636. The van der Waals surface area contributed by atoms with Crippen molar-refractivity contribution in [1.82, 2.24) is 4.98 Å². The van der Waals surface area contributed by atoms with E-state index in [9.17, 15) is 5.11 Å². The smallest absolute Gasteiger partial charge is 0.122 e. The molecule has 1 unspecified atom stereocenters. The van der Waals surface area contributed by atoms with Gasteiger partial charge in [0.2, 0.25) is 0 Å². The van der Waals surface area contributed by atoms with Crippen LogP contribution in [0.15, 0.2) is 29.6 Å². The molecule has 2 nitrogen and oxygen atoms in total. The van der Waals surface area contributed by atoms with Crippen LogP contribution in [0.4, 0.5) is 0 Å². The maximum absolute atomic E-state index is 10.4. The molecule has 0 amide bonds. The zero-order valence-electron chi connectivity index (χ0n) is 12.8. The third-order valence-corrected chi connectivity index (χ3v) is 4.65. The van der Waals surface area contributed by atoms with Crippen LogP contribution in [0.25, 0.3) is 0 Å². The van der Waals surface area contributed by atoms with Crippen molar-refractivity contribution in [2.75, 3.05) is 0 Å². The van der Waals surface area contributed by atoms with Gasteiger partial charge in [0.25, 0.3) is 0 Å². The number of hydrogen-bond acceptors (Lipinski definition) is 3. The van der Waals surface area contributed by atoms with Gasteiger partial charge >= 0.3 is 0 Å². The molecule has 108 valence electrons. The molecular formula is C17H23NOS. The Labute approximate surface area is 125 Å². The molecule has 0 saturated carbocycles. The largest absolute Gasteiger partial charge is 0.382 e. The van der Waals surface area contributed by atoms with Crippen LogP contribution in [-0.2, 0) is 5.41 Å². The summed E-state index contributed by atoms with van der Waals surface area (Å²) in [5, 5.41) is 13.5. The molecule has 1 heterocycles. The summed E-state index contributed by atoms with van der Waals surface area (Å²) in [5.41, 5.74) is 2.97. The van der Waals surface area contributed by atoms with Crippen LogP contribution in [0.3, 0.4) is 0 Å². The highest BCUT2D eigenvalue weighted by Gasteiger charge is 2.21. The van der Waals surface area contributed by atoms with Crippen LogP contribution in [-0.4, -0.2) is 10.1 Å². The predicted octanol–water partition coefficient (Wildman–Crippen LogP) is 4.65. The molecule has 1 N–H and O–H groups in total. The van der Waals surface area contributed by atoms with Gasteiger partial charge in [-0.15, -0.1) is 11.3 Å². The summed E-state index contributed by atoms with van der Waals surface area (Å²) in [4.78, 5) is 4.58. The molecule has 0 aliphatic carbocycles. The molecule has 0 radical (unpaired) electrons. The van der Waals surface area contributed by atoms with Gasteiger partial charge in [-0.1, -0.05) is 58.9 Å². The lowest BCUT2D eigenvalue weighted by atomic mass is 9.97. The molecule has 0 saturated heterocycles. The number of hydrogen-bond donors (Lipinski definition) is 1. The Kier molecular flexibility index (Phi) is 4.31. The van der Waals surface area contributed by atoms with Crippen LogP contribution in [0.2, 0.25) is 0 Å². The van der Waals surface area contributed by atoms with E-state index in [1.54, 1.807) is 11.3 Å². The Hall–Kier alpha value is -1.19. The molecule has 0 fully saturated rings. The van der Waals surface area contributed by atoms with Gasteiger partial charge in [0.05, 0.1) is 10.7 Å². The van der Waals surface area contributed by atoms with Crippen LogP contribution in [0.1, 0.15) is 68.5 Å². The molecule has 1 aromatic carbocycles. The van der Waals surface area contributed by atoms with Crippen molar-refractivity contribution < 1.29 is 5.11 Å². The molecule has 2 rings (SSSR count). The van der Waals surface area contributed by atoms with Gasteiger partial charge in [0.1, 0.15) is 6.10 Å². The van der Waals surface area contributed by atoms with Crippen molar-refractivity contribution in [3.05, 3.63) is 51.5 Å². The van der Waals surface area contributed by atoms with E-state index in [0.717, 1.165) is 16.3 Å². The third kappa shape index (κ3) is 3.28. The van der Waals surface area contributed by atoms with Crippen LogP contribution in [0.5, 0.6) is 0 Å². The van der Waals surface area contributed by atoms with E-state index < -0.39 is 6.10 Å². The second-order valence-corrected chi connectivity index (χ2v) is 7.41. The van der Waals surface area contributed by atoms with Gasteiger partial charge in [-0.05, 0) is 17.0 Å². The number of aliphatic hydroxyl groups excluding tert-OH is 1. The van der Waals surface area contributed by atoms with Gasteiger partial charge in [-0.2, -0.15) is 0 Å². The van der Waals surface area contributed by atoms with E-state index in [0.29, 0.717) is 5.92 Å². The molecule has 0 aliphatic rings. The zero-order valence-corrected chi connectivity index (χ0v) is 13.7. The van der Waals surface area contributed by atoms with E-state index in [1.807, 2.05) is 17.5 Å². The number of aliphatic hydroxyl groups is 1. The highest BCUT2D eigenvalue weighted by atomic mass is 32.1. The first-order chi connectivity index (χ1) is 9.29. The molecule has 0 bridgehead atoms. The van der Waals surface area contributed by atoms with Gasteiger partial charge < -0.3 is 5.11 Å². The van der Waals surface area contributed by atoms with E-state index in [1.165, 1.54) is 5.56 Å². The fraction of sp³-hybridized carbons (Fsp3) is 0.471. The molecular weight excluding hydrogens is 266 g/mol. The maximum Gasteiger partial charge on any atom is 0.122 e. The Morgan fingerprint density at radius 2 is 1.60 bits per heavy atom. The predicted molar refractivity (Wildman–Crippen MR) is 85.4 cm³/mol. The lowest BCUT2D eigenvalue weighted by Crippen LogP contribution is -2.11. The quantitative estimate of drug-likeness (QED) is 0.892. The number of benzene rings is 1. The summed E-state index contributed by atoms with van der Waals surface area (Å²) in [6, 6.07) is 8.16. The van der Waals surface area contributed by atoms with E-state index >= 15 is 0 Å². The first kappa shape index (κ1) is 15.2. The number of nitrogens with zero attached hydrogens (tertiary/aromatic N) is 1. The van der Waals surface area contributed by atoms with E-state index in [2.05, 4.69) is 51.7 Å². The number of aromatic nitrogens is 1. The van der Waals surface area contributed by atoms with Crippen molar-refractivity contribution in [1.29, 1.82) is 0 Å². The standard InChI is InChI=1S/C17H23NOS/c1-11(2)12-6-8-13(9-7-12)15(19)14-10-20-16(18-14)17(3,4)5/h6-11,15,19H,1-5H3. The highest BCUT2D eigenvalue weighted by molar-refractivity contribution is 7.09.